The Morgan fingerprint density at radius 1 is 1.20 bits per heavy atom. The molecule has 0 aliphatic carbocycles. The van der Waals surface area contributed by atoms with Crippen LogP contribution in [0.1, 0.15) is 23.9 Å². The van der Waals surface area contributed by atoms with Crippen molar-refractivity contribution in [1.29, 1.82) is 0 Å². The van der Waals surface area contributed by atoms with Crippen LogP contribution in [0.15, 0.2) is 41.6 Å². The smallest absolute Gasteiger partial charge is 0.234 e. The van der Waals surface area contributed by atoms with Gasteiger partial charge in [-0.3, -0.25) is 4.79 Å². The molecule has 0 bridgehead atoms. The van der Waals surface area contributed by atoms with Gasteiger partial charge in [0.15, 0.2) is 11.0 Å². The van der Waals surface area contributed by atoms with Crippen LogP contribution in [-0.4, -0.2) is 26.4 Å². The summed E-state index contributed by atoms with van der Waals surface area (Å²) in [6, 6.07) is 9.85. The zero-order valence-corrected chi connectivity index (χ0v) is 18.5. The largest absolute Gasteiger partial charge is 0.484 e. The van der Waals surface area contributed by atoms with Gasteiger partial charge in [0.25, 0.3) is 0 Å². The molecule has 0 radical (unpaired) electrons. The first-order chi connectivity index (χ1) is 14.4. The summed E-state index contributed by atoms with van der Waals surface area (Å²) in [6.45, 7) is 6.68. The van der Waals surface area contributed by atoms with Crippen LogP contribution in [0.3, 0.4) is 0 Å². The van der Waals surface area contributed by atoms with E-state index in [0.29, 0.717) is 23.3 Å². The second kappa shape index (κ2) is 9.95. The Morgan fingerprint density at radius 3 is 2.60 bits per heavy atom. The van der Waals surface area contributed by atoms with Gasteiger partial charge < -0.3 is 14.6 Å². The van der Waals surface area contributed by atoms with E-state index in [0.717, 1.165) is 16.8 Å². The molecule has 30 heavy (non-hydrogen) atoms. The molecule has 0 unspecified atom stereocenters. The zero-order chi connectivity index (χ0) is 21.7. The molecule has 0 spiro atoms. The molecule has 0 fully saturated rings. The van der Waals surface area contributed by atoms with E-state index in [1.54, 1.807) is 0 Å². The number of hydrogen-bond acceptors (Lipinski definition) is 5. The molecule has 0 saturated heterocycles. The number of carbonyl (C=O) groups excluding carboxylic acids is 1. The molecule has 2 aromatic carbocycles. The van der Waals surface area contributed by atoms with Gasteiger partial charge >= 0.3 is 0 Å². The van der Waals surface area contributed by atoms with E-state index in [1.807, 2.05) is 37.5 Å². The maximum absolute atomic E-state index is 13.2. The summed E-state index contributed by atoms with van der Waals surface area (Å²) in [5, 5.41) is 12.0. The lowest BCUT2D eigenvalue weighted by Gasteiger charge is -2.10. The van der Waals surface area contributed by atoms with Crippen LogP contribution in [0.2, 0.25) is 5.02 Å². The van der Waals surface area contributed by atoms with Crippen molar-refractivity contribution in [2.24, 2.45) is 0 Å². The highest BCUT2D eigenvalue weighted by atomic mass is 35.5. The quantitative estimate of drug-likeness (QED) is 0.490. The number of nitrogens with zero attached hydrogens (tertiary/aromatic N) is 3. The predicted molar refractivity (Wildman–Crippen MR) is 117 cm³/mol. The minimum atomic E-state index is -0.429. The third kappa shape index (κ3) is 5.73. The molecule has 0 atom stereocenters. The average Bonchev–Trinajstić information content (AvgIpc) is 3.06. The lowest BCUT2D eigenvalue weighted by Crippen LogP contribution is -2.15. The van der Waals surface area contributed by atoms with E-state index in [-0.39, 0.29) is 23.3 Å². The van der Waals surface area contributed by atoms with Crippen molar-refractivity contribution in [3.05, 3.63) is 64.2 Å². The molecule has 3 rings (SSSR count). The third-order valence-electron chi connectivity index (χ3n) is 4.20. The summed E-state index contributed by atoms with van der Waals surface area (Å²) in [7, 11) is 0. The van der Waals surface area contributed by atoms with Gasteiger partial charge in [0, 0.05) is 12.2 Å². The van der Waals surface area contributed by atoms with Gasteiger partial charge in [-0.15, -0.1) is 10.2 Å². The van der Waals surface area contributed by atoms with E-state index in [4.69, 9.17) is 16.3 Å². The first-order valence-electron chi connectivity index (χ1n) is 9.36. The normalized spacial score (nSPS) is 10.8. The molecular weight excluding hydrogens is 427 g/mol. The number of aromatic nitrogens is 3. The van der Waals surface area contributed by atoms with Crippen molar-refractivity contribution < 1.29 is 13.9 Å². The fourth-order valence-electron chi connectivity index (χ4n) is 2.96. The number of benzene rings is 2. The number of halogens is 2. The number of nitrogens with one attached hydrogen (secondary N) is 1. The standard InChI is InChI=1S/C21H22ClFN4O2S/c1-4-27-19(11-29-18-6-5-15(23)10-17(18)22)25-26-21(27)30-12-20(28)24-16-8-13(2)7-14(3)9-16/h5-10H,4,11-12H2,1-3H3,(H,24,28). The molecule has 6 nitrogen and oxygen atoms in total. The lowest BCUT2D eigenvalue weighted by atomic mass is 10.1. The van der Waals surface area contributed by atoms with Crippen LogP contribution in [-0.2, 0) is 17.9 Å². The van der Waals surface area contributed by atoms with Gasteiger partial charge in [-0.25, -0.2) is 4.39 Å². The van der Waals surface area contributed by atoms with E-state index >= 15 is 0 Å². The third-order valence-corrected chi connectivity index (χ3v) is 5.46. The monoisotopic (exact) mass is 448 g/mol. The van der Waals surface area contributed by atoms with E-state index in [1.165, 1.54) is 30.0 Å². The van der Waals surface area contributed by atoms with Gasteiger partial charge in [0.05, 0.1) is 10.8 Å². The van der Waals surface area contributed by atoms with Gasteiger partial charge in [-0.2, -0.15) is 0 Å². The Balaban J connectivity index is 1.60. The Bertz CT molecular complexity index is 1040. The van der Waals surface area contributed by atoms with Crippen molar-refractivity contribution >= 4 is 35.0 Å². The highest BCUT2D eigenvalue weighted by Crippen LogP contribution is 2.26. The predicted octanol–water partition coefficient (Wildman–Crippen LogP) is 5.02. The number of carbonyl (C=O) groups is 1. The molecule has 9 heteroatoms. The van der Waals surface area contributed by atoms with Gasteiger partial charge in [-0.1, -0.05) is 29.4 Å². The average molecular weight is 449 g/mol. The van der Waals surface area contributed by atoms with E-state index < -0.39 is 5.82 Å². The number of hydrogen-bond donors (Lipinski definition) is 1. The molecular formula is C21H22ClFN4O2S. The molecule has 0 aliphatic rings. The number of anilines is 1. The number of aryl methyl sites for hydroxylation is 2. The number of rotatable bonds is 8. The summed E-state index contributed by atoms with van der Waals surface area (Å²) in [4.78, 5) is 12.3. The van der Waals surface area contributed by atoms with Crippen molar-refractivity contribution in [2.45, 2.75) is 39.1 Å². The second-order valence-corrected chi connectivity index (χ2v) is 8.07. The maximum atomic E-state index is 13.2. The molecule has 1 amide bonds. The number of amides is 1. The lowest BCUT2D eigenvalue weighted by molar-refractivity contribution is -0.113. The Kier molecular flexibility index (Phi) is 7.33. The molecule has 1 heterocycles. The fourth-order valence-corrected chi connectivity index (χ4v) is 4.00. The summed E-state index contributed by atoms with van der Waals surface area (Å²) in [5.74, 6) is 0.615. The highest BCUT2D eigenvalue weighted by Gasteiger charge is 2.15. The summed E-state index contributed by atoms with van der Waals surface area (Å²) in [6.07, 6.45) is 0. The molecule has 3 aromatic rings. The van der Waals surface area contributed by atoms with Crippen LogP contribution in [0.25, 0.3) is 0 Å². The fraction of sp³-hybridized carbons (Fsp3) is 0.286. The van der Waals surface area contributed by atoms with Crippen molar-refractivity contribution in [1.82, 2.24) is 14.8 Å². The van der Waals surface area contributed by atoms with Crippen LogP contribution in [0, 0.1) is 19.7 Å². The Morgan fingerprint density at radius 2 is 1.93 bits per heavy atom. The zero-order valence-electron chi connectivity index (χ0n) is 16.9. The summed E-state index contributed by atoms with van der Waals surface area (Å²) < 4.78 is 20.7. The molecule has 1 N–H and O–H groups in total. The minimum absolute atomic E-state index is 0.119. The number of ether oxygens (including phenoxy) is 1. The summed E-state index contributed by atoms with van der Waals surface area (Å²) >= 11 is 7.29. The molecule has 0 saturated carbocycles. The van der Waals surface area contributed by atoms with Crippen LogP contribution in [0.4, 0.5) is 10.1 Å². The summed E-state index contributed by atoms with van der Waals surface area (Å²) in [5.41, 5.74) is 2.96. The Hall–Kier alpha value is -2.58. The van der Waals surface area contributed by atoms with Crippen LogP contribution >= 0.6 is 23.4 Å². The van der Waals surface area contributed by atoms with Gasteiger partial charge in [0.2, 0.25) is 5.91 Å². The SMILES string of the molecule is CCn1c(COc2ccc(F)cc2Cl)nnc1SCC(=O)Nc1cc(C)cc(C)c1. The van der Waals surface area contributed by atoms with Gasteiger partial charge in [-0.05, 0) is 62.2 Å². The van der Waals surface area contributed by atoms with E-state index in [2.05, 4.69) is 21.6 Å². The second-order valence-electron chi connectivity index (χ2n) is 6.72. The molecule has 0 aliphatic heterocycles. The van der Waals surface area contributed by atoms with E-state index in [9.17, 15) is 9.18 Å². The topological polar surface area (TPSA) is 69.0 Å². The van der Waals surface area contributed by atoms with Gasteiger partial charge in [0.1, 0.15) is 18.2 Å². The van der Waals surface area contributed by atoms with Crippen molar-refractivity contribution in [3.8, 4) is 5.75 Å². The van der Waals surface area contributed by atoms with Crippen LogP contribution in [0.5, 0.6) is 5.75 Å². The first-order valence-corrected chi connectivity index (χ1v) is 10.7. The van der Waals surface area contributed by atoms with Crippen molar-refractivity contribution in [2.75, 3.05) is 11.1 Å². The Labute approximate surface area is 183 Å². The van der Waals surface area contributed by atoms with Crippen LogP contribution < -0.4 is 10.1 Å². The maximum Gasteiger partial charge on any atom is 0.234 e. The minimum Gasteiger partial charge on any atom is -0.484 e. The molecule has 1 aromatic heterocycles. The molecule has 158 valence electrons. The highest BCUT2D eigenvalue weighted by molar-refractivity contribution is 7.99. The van der Waals surface area contributed by atoms with Crippen molar-refractivity contribution in [3.63, 3.8) is 0 Å². The first kappa shape index (κ1) is 22.1. The number of thioether (sulfide) groups is 1.